The maximum atomic E-state index is 6.20. The van der Waals surface area contributed by atoms with Gasteiger partial charge in [-0.05, 0) is 36.4 Å². The number of furan rings is 1. The highest BCUT2D eigenvalue weighted by Crippen LogP contribution is 2.25. The van der Waals surface area contributed by atoms with E-state index in [-0.39, 0.29) is 12.6 Å². The molecule has 0 fully saturated rings. The third kappa shape index (κ3) is 4.15. The van der Waals surface area contributed by atoms with Crippen LogP contribution in [-0.2, 0) is 13.2 Å². The Kier molecular flexibility index (Phi) is 5.14. The summed E-state index contributed by atoms with van der Waals surface area (Å²) in [6, 6.07) is 17.0. The Morgan fingerprint density at radius 2 is 1.89 bits per heavy atom. The van der Waals surface area contributed by atoms with Crippen LogP contribution in [0.5, 0.6) is 6.01 Å². The Labute approximate surface area is 165 Å². The first-order valence-electron chi connectivity index (χ1n) is 8.29. The van der Waals surface area contributed by atoms with Gasteiger partial charge in [0.25, 0.3) is 0 Å². The number of anilines is 1. The summed E-state index contributed by atoms with van der Waals surface area (Å²) in [4.78, 5) is 8.98. The smallest absolute Gasteiger partial charge is 0.319 e. The molecular formula is C20H15Cl2N3O2. The molecule has 5 nitrogen and oxygen atoms in total. The zero-order valence-corrected chi connectivity index (χ0v) is 15.7. The molecule has 0 saturated heterocycles. The highest BCUT2D eigenvalue weighted by molar-refractivity contribution is 6.35. The van der Waals surface area contributed by atoms with Gasteiger partial charge in [0.2, 0.25) is 0 Å². The largest absolute Gasteiger partial charge is 0.467 e. The molecule has 0 aliphatic rings. The summed E-state index contributed by atoms with van der Waals surface area (Å²) in [5, 5.41) is 5.30. The first kappa shape index (κ1) is 17.6. The van der Waals surface area contributed by atoms with Crippen LogP contribution in [0.15, 0.2) is 65.3 Å². The number of nitrogens with one attached hydrogen (secondary N) is 1. The van der Waals surface area contributed by atoms with Crippen molar-refractivity contribution in [1.82, 2.24) is 9.97 Å². The van der Waals surface area contributed by atoms with Crippen LogP contribution < -0.4 is 10.1 Å². The van der Waals surface area contributed by atoms with Crippen LogP contribution in [0, 0.1) is 0 Å². The van der Waals surface area contributed by atoms with Crippen molar-refractivity contribution in [2.75, 3.05) is 5.32 Å². The number of aromatic nitrogens is 2. The summed E-state index contributed by atoms with van der Waals surface area (Å²) >= 11 is 12.1. The summed E-state index contributed by atoms with van der Waals surface area (Å²) in [6.45, 7) is 0.752. The van der Waals surface area contributed by atoms with Gasteiger partial charge in [0, 0.05) is 21.0 Å². The minimum Gasteiger partial charge on any atom is -0.467 e. The highest BCUT2D eigenvalue weighted by atomic mass is 35.5. The predicted molar refractivity (Wildman–Crippen MR) is 106 cm³/mol. The van der Waals surface area contributed by atoms with Gasteiger partial charge in [0.15, 0.2) is 0 Å². The number of benzene rings is 2. The number of nitrogens with zero attached hydrogens (tertiary/aromatic N) is 2. The quantitative estimate of drug-likeness (QED) is 0.449. The molecule has 0 aliphatic carbocycles. The van der Waals surface area contributed by atoms with E-state index in [4.69, 9.17) is 32.4 Å². The van der Waals surface area contributed by atoms with E-state index < -0.39 is 0 Å². The lowest BCUT2D eigenvalue weighted by atomic mass is 10.2. The molecule has 0 radical (unpaired) electrons. The normalized spacial score (nSPS) is 10.9. The molecule has 0 atom stereocenters. The fourth-order valence-corrected chi connectivity index (χ4v) is 3.08. The van der Waals surface area contributed by atoms with E-state index in [0.29, 0.717) is 22.4 Å². The Morgan fingerprint density at radius 1 is 1.00 bits per heavy atom. The molecule has 136 valence electrons. The molecule has 2 aromatic carbocycles. The van der Waals surface area contributed by atoms with E-state index in [1.54, 1.807) is 18.4 Å². The van der Waals surface area contributed by atoms with Crippen molar-refractivity contribution in [3.05, 3.63) is 82.2 Å². The highest BCUT2D eigenvalue weighted by Gasteiger charge is 2.10. The molecule has 0 saturated carbocycles. The predicted octanol–water partition coefficient (Wildman–Crippen LogP) is 5.72. The molecule has 0 amide bonds. The monoisotopic (exact) mass is 399 g/mol. The molecule has 0 unspecified atom stereocenters. The van der Waals surface area contributed by atoms with Gasteiger partial charge in [0.1, 0.15) is 18.2 Å². The molecule has 7 heteroatoms. The van der Waals surface area contributed by atoms with Gasteiger partial charge in [-0.3, -0.25) is 0 Å². The number of rotatable bonds is 6. The van der Waals surface area contributed by atoms with Gasteiger partial charge in [-0.2, -0.15) is 9.97 Å². The van der Waals surface area contributed by atoms with Crippen molar-refractivity contribution in [3.63, 3.8) is 0 Å². The molecule has 1 N–H and O–H groups in total. The first-order valence-corrected chi connectivity index (χ1v) is 9.04. The van der Waals surface area contributed by atoms with Crippen molar-refractivity contribution in [2.45, 2.75) is 13.2 Å². The van der Waals surface area contributed by atoms with Crippen LogP contribution in [0.2, 0.25) is 10.0 Å². The second kappa shape index (κ2) is 7.86. The van der Waals surface area contributed by atoms with Crippen molar-refractivity contribution >= 4 is 39.9 Å². The second-order valence-corrected chi connectivity index (χ2v) is 6.67. The molecule has 0 bridgehead atoms. The Hall–Kier alpha value is -2.76. The standard InChI is InChI=1S/C20H15Cl2N3O2/c21-14-8-7-13(17(22)10-14)12-27-20-24-18-6-2-1-5-16(18)19(25-20)23-11-15-4-3-9-26-15/h1-10H,11-12H2,(H,23,24,25). The van der Waals surface area contributed by atoms with Crippen molar-refractivity contribution < 1.29 is 9.15 Å². The zero-order chi connectivity index (χ0) is 18.6. The summed E-state index contributed by atoms with van der Waals surface area (Å²) in [5.41, 5.74) is 1.59. The van der Waals surface area contributed by atoms with Gasteiger partial charge in [-0.15, -0.1) is 0 Å². The van der Waals surface area contributed by atoms with Crippen LogP contribution in [0.3, 0.4) is 0 Å². The second-order valence-electron chi connectivity index (χ2n) is 5.83. The first-order chi connectivity index (χ1) is 13.2. The van der Waals surface area contributed by atoms with E-state index in [9.17, 15) is 0 Å². The van der Waals surface area contributed by atoms with Crippen LogP contribution in [-0.4, -0.2) is 9.97 Å². The average Bonchev–Trinajstić information content (AvgIpc) is 3.19. The number of para-hydroxylation sites is 1. The van der Waals surface area contributed by atoms with E-state index in [1.165, 1.54) is 0 Å². The summed E-state index contributed by atoms with van der Waals surface area (Å²) in [6.07, 6.45) is 1.64. The number of ether oxygens (including phenoxy) is 1. The Balaban J connectivity index is 1.58. The van der Waals surface area contributed by atoms with Gasteiger partial charge in [-0.25, -0.2) is 0 Å². The maximum absolute atomic E-state index is 6.20. The van der Waals surface area contributed by atoms with E-state index in [1.807, 2.05) is 42.5 Å². The summed E-state index contributed by atoms with van der Waals surface area (Å²) in [7, 11) is 0. The van der Waals surface area contributed by atoms with Crippen LogP contribution in [0.4, 0.5) is 5.82 Å². The van der Waals surface area contributed by atoms with Crippen LogP contribution in [0.1, 0.15) is 11.3 Å². The van der Waals surface area contributed by atoms with Crippen molar-refractivity contribution in [2.24, 2.45) is 0 Å². The fraction of sp³-hybridized carbons (Fsp3) is 0.100. The number of fused-ring (bicyclic) bond motifs is 1. The topological polar surface area (TPSA) is 60.2 Å². The molecule has 4 aromatic rings. The number of halogens is 2. The third-order valence-corrected chi connectivity index (χ3v) is 4.55. The van der Waals surface area contributed by atoms with E-state index >= 15 is 0 Å². The summed E-state index contributed by atoms with van der Waals surface area (Å²) < 4.78 is 11.1. The molecule has 4 rings (SSSR count). The minimum atomic E-state index is 0.242. The lowest BCUT2D eigenvalue weighted by molar-refractivity contribution is 0.282. The minimum absolute atomic E-state index is 0.242. The van der Waals surface area contributed by atoms with E-state index in [0.717, 1.165) is 22.2 Å². The van der Waals surface area contributed by atoms with Gasteiger partial charge in [-0.1, -0.05) is 41.4 Å². The van der Waals surface area contributed by atoms with Gasteiger partial charge < -0.3 is 14.5 Å². The van der Waals surface area contributed by atoms with Gasteiger partial charge in [0.05, 0.1) is 18.3 Å². The zero-order valence-electron chi connectivity index (χ0n) is 14.2. The molecule has 0 aliphatic heterocycles. The SMILES string of the molecule is Clc1ccc(COc2nc(NCc3ccco3)c3ccccc3n2)c(Cl)c1. The maximum Gasteiger partial charge on any atom is 0.319 e. The fourth-order valence-electron chi connectivity index (χ4n) is 2.62. The lowest BCUT2D eigenvalue weighted by Crippen LogP contribution is -2.05. The molecule has 27 heavy (non-hydrogen) atoms. The molecule has 0 spiro atoms. The third-order valence-electron chi connectivity index (χ3n) is 3.96. The van der Waals surface area contributed by atoms with Crippen molar-refractivity contribution in [3.8, 4) is 6.01 Å². The lowest BCUT2D eigenvalue weighted by Gasteiger charge is -2.11. The van der Waals surface area contributed by atoms with Crippen molar-refractivity contribution in [1.29, 1.82) is 0 Å². The number of hydrogen-bond acceptors (Lipinski definition) is 5. The Morgan fingerprint density at radius 3 is 2.70 bits per heavy atom. The van der Waals surface area contributed by atoms with E-state index in [2.05, 4.69) is 15.3 Å². The molecule has 2 aromatic heterocycles. The number of hydrogen-bond donors (Lipinski definition) is 1. The molecular weight excluding hydrogens is 385 g/mol. The van der Waals surface area contributed by atoms with Crippen LogP contribution in [0.25, 0.3) is 10.9 Å². The summed E-state index contributed by atoms with van der Waals surface area (Å²) in [5.74, 6) is 1.49. The van der Waals surface area contributed by atoms with Crippen LogP contribution >= 0.6 is 23.2 Å². The Bertz CT molecular complexity index is 1070. The molecule has 2 heterocycles. The average molecular weight is 400 g/mol. The van der Waals surface area contributed by atoms with Gasteiger partial charge >= 0.3 is 6.01 Å².